The van der Waals surface area contributed by atoms with E-state index in [1.54, 1.807) is 37.3 Å². The van der Waals surface area contributed by atoms with E-state index in [-0.39, 0.29) is 23.9 Å². The molecule has 3 atom stereocenters. The highest BCUT2D eigenvalue weighted by atomic mass is 32.2. The summed E-state index contributed by atoms with van der Waals surface area (Å²) in [5.74, 6) is -2.77. The van der Waals surface area contributed by atoms with Gasteiger partial charge in [0.05, 0.1) is 35.9 Å². The highest BCUT2D eigenvalue weighted by Gasteiger charge is 2.57. The third-order valence-electron chi connectivity index (χ3n) is 7.88. The third-order valence-corrected chi connectivity index (χ3v) is 10.5. The molecular weight excluding hydrogens is 615 g/mol. The summed E-state index contributed by atoms with van der Waals surface area (Å²) >= 11 is 2.10. The van der Waals surface area contributed by atoms with Crippen molar-refractivity contribution in [2.45, 2.75) is 36.6 Å². The lowest BCUT2D eigenvalue weighted by atomic mass is 9.82. The topological polar surface area (TPSA) is 124 Å². The molecule has 0 radical (unpaired) electrons. The van der Waals surface area contributed by atoms with Crippen molar-refractivity contribution < 1.29 is 28.7 Å². The van der Waals surface area contributed by atoms with E-state index in [2.05, 4.69) is 5.32 Å². The average Bonchev–Trinajstić information content (AvgIpc) is 3.48. The molecule has 0 unspecified atom stereocenters. The Morgan fingerprint density at radius 1 is 0.933 bits per heavy atom. The summed E-state index contributed by atoms with van der Waals surface area (Å²) in [4.78, 5) is 68.4. The van der Waals surface area contributed by atoms with Crippen LogP contribution in [-0.2, 0) is 25.7 Å². The molecule has 230 valence electrons. The van der Waals surface area contributed by atoms with Crippen molar-refractivity contribution in [3.63, 3.8) is 0 Å². The number of benzene rings is 3. The first-order chi connectivity index (χ1) is 21.7. The van der Waals surface area contributed by atoms with Crippen LogP contribution in [0.3, 0.4) is 0 Å². The highest BCUT2D eigenvalue weighted by molar-refractivity contribution is 8.00. The molecule has 4 aromatic rings. The number of aryl methyl sites for hydroxylation is 1. The summed E-state index contributed by atoms with van der Waals surface area (Å²) in [5.41, 5.74) is 2.80. The summed E-state index contributed by atoms with van der Waals surface area (Å²) in [6.45, 7) is 3.54. The van der Waals surface area contributed by atoms with Crippen molar-refractivity contribution in [2.24, 2.45) is 5.92 Å². The van der Waals surface area contributed by atoms with E-state index in [9.17, 15) is 24.0 Å². The number of thiazole rings is 1. The number of methoxy groups -OCH3 is 1. The largest absolute Gasteiger partial charge is 0.496 e. The minimum atomic E-state index is -0.871. The summed E-state index contributed by atoms with van der Waals surface area (Å²) < 4.78 is 12.1. The normalized spacial score (nSPS) is 18.7. The molecule has 2 aliphatic heterocycles. The Hall–Kier alpha value is -4.68. The smallest absolute Gasteiger partial charge is 0.338 e. The van der Waals surface area contributed by atoms with Gasteiger partial charge in [0.15, 0.2) is 0 Å². The Morgan fingerprint density at radius 2 is 1.64 bits per heavy atom. The van der Waals surface area contributed by atoms with E-state index in [0.29, 0.717) is 38.2 Å². The fraction of sp³-hybridized carbons (Fsp3) is 0.242. The van der Waals surface area contributed by atoms with Crippen molar-refractivity contribution in [1.82, 2.24) is 4.57 Å². The van der Waals surface area contributed by atoms with Crippen molar-refractivity contribution in [1.29, 1.82) is 0 Å². The predicted octanol–water partition coefficient (Wildman–Crippen LogP) is 4.84. The first-order valence-electron chi connectivity index (χ1n) is 14.3. The monoisotopic (exact) mass is 643 g/mol. The first-order valence-corrected chi connectivity index (χ1v) is 16.0. The molecule has 1 N–H and O–H groups in total. The number of nitrogens with zero attached hydrogens (tertiary/aromatic N) is 2. The average molecular weight is 644 g/mol. The second-order valence-electron chi connectivity index (χ2n) is 10.5. The molecule has 6 rings (SSSR count). The molecule has 45 heavy (non-hydrogen) atoms. The lowest BCUT2D eigenvalue weighted by molar-refractivity contribution is -0.122. The fourth-order valence-corrected chi connectivity index (χ4v) is 8.54. The number of aromatic nitrogens is 1. The van der Waals surface area contributed by atoms with Gasteiger partial charge in [0.1, 0.15) is 17.5 Å². The van der Waals surface area contributed by atoms with Crippen LogP contribution in [-0.4, -0.2) is 47.2 Å². The number of rotatable bonds is 8. The van der Waals surface area contributed by atoms with Crippen LogP contribution in [0.2, 0.25) is 0 Å². The molecule has 1 saturated heterocycles. The molecule has 10 nitrogen and oxygen atoms in total. The number of hydrogen-bond donors (Lipinski definition) is 1. The Kier molecular flexibility index (Phi) is 8.34. The van der Waals surface area contributed by atoms with E-state index in [0.717, 1.165) is 33.6 Å². The SMILES string of the molecule is CCOC(=O)c1ccc(N2C(=O)[C@H]3[C@H](c4ccccc4OC)c4sc(=O)n(CC(=O)Nc5ccccc5C)c4S[C@H]3C2=O)cc1. The number of anilines is 2. The van der Waals surface area contributed by atoms with Gasteiger partial charge in [-0.25, -0.2) is 9.69 Å². The van der Waals surface area contributed by atoms with Gasteiger partial charge in [-0.1, -0.05) is 59.5 Å². The molecule has 3 amide bonds. The maximum absolute atomic E-state index is 14.2. The second-order valence-corrected chi connectivity index (χ2v) is 12.7. The summed E-state index contributed by atoms with van der Waals surface area (Å²) in [7, 11) is 1.53. The number of carbonyl (C=O) groups is 4. The number of hydrogen-bond acceptors (Lipinski definition) is 9. The van der Waals surface area contributed by atoms with Gasteiger partial charge >= 0.3 is 10.8 Å². The Labute approximate surface area is 267 Å². The minimum absolute atomic E-state index is 0.220. The van der Waals surface area contributed by atoms with Gasteiger partial charge in [0, 0.05) is 22.0 Å². The molecule has 3 aromatic carbocycles. The quantitative estimate of drug-likeness (QED) is 0.214. The van der Waals surface area contributed by atoms with E-state index in [1.165, 1.54) is 23.8 Å². The fourth-order valence-electron chi connectivity index (χ4n) is 5.78. The number of imide groups is 1. The zero-order valence-corrected chi connectivity index (χ0v) is 26.3. The number of thioether (sulfide) groups is 1. The number of carbonyl (C=O) groups excluding carboxylic acids is 4. The van der Waals surface area contributed by atoms with Crippen LogP contribution in [0.5, 0.6) is 5.75 Å². The number of fused-ring (bicyclic) bond motifs is 2. The minimum Gasteiger partial charge on any atom is -0.496 e. The van der Waals surface area contributed by atoms with Gasteiger partial charge in [-0.3, -0.25) is 23.7 Å². The molecule has 3 heterocycles. The summed E-state index contributed by atoms with van der Waals surface area (Å²) in [6, 6.07) is 20.7. The molecule has 0 spiro atoms. The van der Waals surface area contributed by atoms with Gasteiger partial charge in [-0.2, -0.15) is 0 Å². The Bertz CT molecular complexity index is 1880. The van der Waals surface area contributed by atoms with E-state index in [4.69, 9.17) is 9.47 Å². The maximum atomic E-state index is 14.2. The Morgan fingerprint density at radius 3 is 2.36 bits per heavy atom. The molecule has 0 saturated carbocycles. The van der Waals surface area contributed by atoms with E-state index < -0.39 is 34.9 Å². The summed E-state index contributed by atoms with van der Waals surface area (Å²) in [5, 5.41) is 2.47. The number of amides is 3. The van der Waals surface area contributed by atoms with Crippen molar-refractivity contribution in [2.75, 3.05) is 23.9 Å². The zero-order valence-electron chi connectivity index (χ0n) is 24.6. The van der Waals surface area contributed by atoms with Crippen LogP contribution in [0.15, 0.2) is 82.6 Å². The van der Waals surface area contributed by atoms with E-state index >= 15 is 0 Å². The predicted molar refractivity (Wildman–Crippen MR) is 171 cm³/mol. The van der Waals surface area contributed by atoms with Crippen molar-refractivity contribution >= 4 is 58.2 Å². The lowest BCUT2D eigenvalue weighted by Crippen LogP contribution is -2.33. The second kappa shape index (κ2) is 12.4. The molecule has 1 fully saturated rings. The van der Waals surface area contributed by atoms with Gasteiger partial charge in [-0.15, -0.1) is 0 Å². The number of para-hydroxylation sites is 2. The standard InChI is InChI=1S/C33H29N3O7S2/c1-4-43-32(40)19-13-15-20(16-14-19)36-29(38)26-25(21-10-6-8-12-23(21)42-3)28-31(44-27(26)30(36)39)35(33(41)45-28)17-24(37)34-22-11-7-5-9-18(22)2/h5-16,25-27H,4,17H2,1-3H3,(H,34,37)/t25-,26-,27+/m0/s1. The van der Waals surface area contributed by atoms with Crippen molar-refractivity contribution in [3.05, 3.63) is 104 Å². The van der Waals surface area contributed by atoms with Gasteiger partial charge in [0.2, 0.25) is 17.7 Å². The van der Waals surface area contributed by atoms with Crippen LogP contribution >= 0.6 is 23.1 Å². The molecule has 2 aliphatic rings. The van der Waals surface area contributed by atoms with Crippen LogP contribution < -0.4 is 19.8 Å². The van der Waals surface area contributed by atoms with E-state index in [1.807, 2.05) is 37.3 Å². The van der Waals surface area contributed by atoms with Crippen LogP contribution in [0, 0.1) is 12.8 Å². The van der Waals surface area contributed by atoms with Crippen LogP contribution in [0.25, 0.3) is 0 Å². The first kappa shape index (κ1) is 30.4. The molecule has 0 aliphatic carbocycles. The van der Waals surface area contributed by atoms with Crippen LogP contribution in [0.1, 0.15) is 39.2 Å². The summed E-state index contributed by atoms with van der Waals surface area (Å²) in [6.07, 6.45) is 0. The van der Waals surface area contributed by atoms with Gasteiger partial charge in [0.25, 0.3) is 0 Å². The third kappa shape index (κ3) is 5.44. The Balaban J connectivity index is 1.40. The number of ether oxygens (including phenoxy) is 2. The highest BCUT2D eigenvalue weighted by Crippen LogP contribution is 2.55. The number of esters is 1. The zero-order chi connectivity index (χ0) is 31.8. The van der Waals surface area contributed by atoms with Gasteiger partial charge < -0.3 is 14.8 Å². The van der Waals surface area contributed by atoms with Crippen LogP contribution in [0.4, 0.5) is 11.4 Å². The molecular formula is C33H29N3O7S2. The molecule has 1 aromatic heterocycles. The van der Waals surface area contributed by atoms with Gasteiger partial charge in [-0.05, 0) is 55.8 Å². The maximum Gasteiger partial charge on any atom is 0.338 e. The molecule has 0 bridgehead atoms. The number of nitrogens with one attached hydrogen (secondary N) is 1. The molecule has 12 heteroatoms. The van der Waals surface area contributed by atoms with Crippen molar-refractivity contribution in [3.8, 4) is 5.75 Å². The lowest BCUT2D eigenvalue weighted by Gasteiger charge is -2.31.